The molecule has 1 aromatic carbocycles. The third-order valence-electron chi connectivity index (χ3n) is 4.00. The number of hydrogen-bond donors (Lipinski definition) is 1. The van der Waals surface area contributed by atoms with Gasteiger partial charge in [-0.25, -0.2) is 4.98 Å². The summed E-state index contributed by atoms with van der Waals surface area (Å²) in [6.07, 6.45) is 0. The van der Waals surface area contributed by atoms with E-state index in [1.54, 1.807) is 7.11 Å². The molecule has 21 heavy (non-hydrogen) atoms. The Morgan fingerprint density at radius 1 is 1.38 bits per heavy atom. The molecule has 3 rings (SSSR count). The number of aromatic nitrogens is 2. The highest BCUT2D eigenvalue weighted by atomic mass is 16.5. The van der Waals surface area contributed by atoms with E-state index in [2.05, 4.69) is 21.4 Å². The molecule has 2 heterocycles. The molecule has 0 radical (unpaired) electrons. The Kier molecular flexibility index (Phi) is 3.98. The van der Waals surface area contributed by atoms with E-state index in [9.17, 15) is 0 Å². The lowest BCUT2D eigenvalue weighted by molar-refractivity contribution is 0.0329. The van der Waals surface area contributed by atoms with E-state index < -0.39 is 0 Å². The predicted molar refractivity (Wildman–Crippen MR) is 82.7 cm³/mol. The van der Waals surface area contributed by atoms with Gasteiger partial charge in [0, 0.05) is 25.7 Å². The van der Waals surface area contributed by atoms with Gasteiger partial charge in [0.25, 0.3) is 0 Å². The van der Waals surface area contributed by atoms with Crippen LogP contribution in [0.1, 0.15) is 13.0 Å². The van der Waals surface area contributed by atoms with Gasteiger partial charge in [-0.15, -0.1) is 0 Å². The number of nitrogens with zero attached hydrogens (tertiary/aromatic N) is 3. The first kappa shape index (κ1) is 14.2. The molecular weight excluding hydrogens is 268 g/mol. The molecule has 114 valence electrons. The van der Waals surface area contributed by atoms with Gasteiger partial charge in [0.2, 0.25) is 5.95 Å². The predicted octanol–water partition coefficient (Wildman–Crippen LogP) is 1.52. The number of methoxy groups -OCH3 is 1. The third-order valence-corrected chi connectivity index (χ3v) is 4.00. The van der Waals surface area contributed by atoms with E-state index in [1.807, 2.05) is 18.2 Å². The van der Waals surface area contributed by atoms with E-state index in [-0.39, 0.29) is 6.04 Å². The van der Waals surface area contributed by atoms with Crippen molar-refractivity contribution >= 4 is 17.0 Å². The minimum atomic E-state index is 0.250. The fourth-order valence-corrected chi connectivity index (χ4v) is 2.98. The summed E-state index contributed by atoms with van der Waals surface area (Å²) in [5.41, 5.74) is 7.98. The molecule has 6 heteroatoms. The van der Waals surface area contributed by atoms with Crippen LogP contribution in [-0.4, -0.2) is 54.4 Å². The van der Waals surface area contributed by atoms with Crippen molar-refractivity contribution in [3.8, 4) is 5.75 Å². The van der Waals surface area contributed by atoms with Gasteiger partial charge >= 0.3 is 0 Å². The minimum absolute atomic E-state index is 0.250. The van der Waals surface area contributed by atoms with Crippen LogP contribution in [0, 0.1) is 0 Å². The second kappa shape index (κ2) is 5.91. The molecule has 1 unspecified atom stereocenters. The van der Waals surface area contributed by atoms with Crippen LogP contribution in [0.5, 0.6) is 5.75 Å². The maximum Gasteiger partial charge on any atom is 0.201 e. The first-order valence-corrected chi connectivity index (χ1v) is 7.31. The van der Waals surface area contributed by atoms with E-state index in [1.165, 1.54) is 0 Å². The molecule has 0 saturated carbocycles. The number of rotatable bonds is 4. The number of morpholine rings is 1. The first-order chi connectivity index (χ1) is 10.2. The molecule has 1 aliphatic rings. The molecule has 0 spiro atoms. The Hall–Kier alpha value is -1.79. The zero-order valence-electron chi connectivity index (χ0n) is 12.6. The number of nitrogens with two attached hydrogens (primary N) is 1. The molecule has 1 aliphatic heterocycles. The summed E-state index contributed by atoms with van der Waals surface area (Å²) < 4.78 is 12.9. The highest BCUT2D eigenvalue weighted by Gasteiger charge is 2.19. The van der Waals surface area contributed by atoms with Gasteiger partial charge in [-0.2, -0.15) is 0 Å². The molecule has 0 amide bonds. The average molecular weight is 290 g/mol. The number of imidazole rings is 1. The zero-order chi connectivity index (χ0) is 14.8. The van der Waals surface area contributed by atoms with Gasteiger partial charge in [0.05, 0.1) is 25.8 Å². The van der Waals surface area contributed by atoms with E-state index >= 15 is 0 Å². The van der Waals surface area contributed by atoms with Gasteiger partial charge in [-0.1, -0.05) is 6.07 Å². The maximum atomic E-state index is 6.14. The van der Waals surface area contributed by atoms with Crippen LogP contribution in [0.15, 0.2) is 18.2 Å². The highest BCUT2D eigenvalue weighted by molar-refractivity contribution is 5.84. The SMILES string of the molecule is COc1cccc2c1nc(N)n2C(C)CN1CCOCC1. The fourth-order valence-electron chi connectivity index (χ4n) is 2.98. The fraction of sp³-hybridized carbons (Fsp3) is 0.533. The van der Waals surface area contributed by atoms with Crippen molar-refractivity contribution in [1.82, 2.24) is 14.5 Å². The van der Waals surface area contributed by atoms with Gasteiger partial charge in [0.1, 0.15) is 11.3 Å². The number of ether oxygens (including phenoxy) is 2. The van der Waals surface area contributed by atoms with Crippen LogP contribution < -0.4 is 10.5 Å². The van der Waals surface area contributed by atoms with Crippen LogP contribution in [0.25, 0.3) is 11.0 Å². The third kappa shape index (κ3) is 2.69. The van der Waals surface area contributed by atoms with Crippen LogP contribution in [-0.2, 0) is 4.74 Å². The minimum Gasteiger partial charge on any atom is -0.494 e. The van der Waals surface area contributed by atoms with Crippen molar-refractivity contribution in [3.63, 3.8) is 0 Å². The van der Waals surface area contributed by atoms with Crippen molar-refractivity contribution in [1.29, 1.82) is 0 Å². The number of hydrogen-bond acceptors (Lipinski definition) is 5. The lowest BCUT2D eigenvalue weighted by atomic mass is 10.2. The number of para-hydroxylation sites is 1. The van der Waals surface area contributed by atoms with Crippen molar-refractivity contribution < 1.29 is 9.47 Å². The Balaban J connectivity index is 1.90. The smallest absolute Gasteiger partial charge is 0.201 e. The molecule has 0 bridgehead atoms. The van der Waals surface area contributed by atoms with Gasteiger partial charge in [-0.3, -0.25) is 4.90 Å². The van der Waals surface area contributed by atoms with Crippen LogP contribution in [0.2, 0.25) is 0 Å². The molecule has 1 saturated heterocycles. The molecular formula is C15H22N4O2. The quantitative estimate of drug-likeness (QED) is 0.925. The second-order valence-electron chi connectivity index (χ2n) is 5.43. The van der Waals surface area contributed by atoms with Gasteiger partial charge < -0.3 is 19.8 Å². The number of benzene rings is 1. The first-order valence-electron chi connectivity index (χ1n) is 7.31. The summed E-state index contributed by atoms with van der Waals surface area (Å²) >= 11 is 0. The van der Waals surface area contributed by atoms with Crippen molar-refractivity contribution in [2.45, 2.75) is 13.0 Å². The van der Waals surface area contributed by atoms with Crippen LogP contribution in [0.3, 0.4) is 0 Å². The van der Waals surface area contributed by atoms with Crippen LogP contribution >= 0.6 is 0 Å². The molecule has 1 aromatic heterocycles. The Labute approximate surface area is 124 Å². The Bertz CT molecular complexity index is 619. The summed E-state index contributed by atoms with van der Waals surface area (Å²) in [5.74, 6) is 1.30. The number of nitrogen functional groups attached to an aromatic ring is 1. The number of anilines is 1. The summed E-state index contributed by atoms with van der Waals surface area (Å²) in [6, 6.07) is 6.17. The summed E-state index contributed by atoms with van der Waals surface area (Å²) in [5, 5.41) is 0. The molecule has 1 fully saturated rings. The summed E-state index contributed by atoms with van der Waals surface area (Å²) in [7, 11) is 1.65. The second-order valence-corrected chi connectivity index (χ2v) is 5.43. The lowest BCUT2D eigenvalue weighted by Gasteiger charge is -2.30. The average Bonchev–Trinajstić information content (AvgIpc) is 2.84. The maximum absolute atomic E-state index is 6.14. The summed E-state index contributed by atoms with van der Waals surface area (Å²) in [6.45, 7) is 6.67. The zero-order valence-corrected chi connectivity index (χ0v) is 12.6. The monoisotopic (exact) mass is 290 g/mol. The lowest BCUT2D eigenvalue weighted by Crippen LogP contribution is -2.39. The van der Waals surface area contributed by atoms with Gasteiger partial charge in [-0.05, 0) is 19.1 Å². The van der Waals surface area contributed by atoms with Crippen LogP contribution in [0.4, 0.5) is 5.95 Å². The largest absolute Gasteiger partial charge is 0.494 e. The standard InChI is InChI=1S/C15H22N4O2/c1-11(10-18-6-8-21-9-7-18)19-12-4-3-5-13(20-2)14(12)17-15(19)16/h3-5,11H,6-10H2,1-2H3,(H2,16,17). The molecule has 2 aromatic rings. The van der Waals surface area contributed by atoms with Crippen molar-refractivity contribution in [3.05, 3.63) is 18.2 Å². The Morgan fingerprint density at radius 2 is 2.14 bits per heavy atom. The Morgan fingerprint density at radius 3 is 2.86 bits per heavy atom. The molecule has 6 nitrogen and oxygen atoms in total. The number of fused-ring (bicyclic) bond motifs is 1. The molecule has 0 aliphatic carbocycles. The van der Waals surface area contributed by atoms with Crippen molar-refractivity contribution in [2.24, 2.45) is 0 Å². The van der Waals surface area contributed by atoms with E-state index in [4.69, 9.17) is 15.2 Å². The van der Waals surface area contributed by atoms with E-state index in [0.717, 1.165) is 49.6 Å². The summed E-state index contributed by atoms with van der Waals surface area (Å²) in [4.78, 5) is 6.87. The van der Waals surface area contributed by atoms with E-state index in [0.29, 0.717) is 5.95 Å². The normalized spacial score (nSPS) is 18.0. The molecule has 2 N–H and O–H groups in total. The van der Waals surface area contributed by atoms with Gasteiger partial charge in [0.15, 0.2) is 0 Å². The molecule has 1 atom stereocenters. The van der Waals surface area contributed by atoms with Crippen molar-refractivity contribution in [2.75, 3.05) is 45.7 Å². The topological polar surface area (TPSA) is 65.5 Å². The highest BCUT2D eigenvalue weighted by Crippen LogP contribution is 2.29.